The van der Waals surface area contributed by atoms with Crippen molar-refractivity contribution in [3.63, 3.8) is 0 Å². The van der Waals surface area contributed by atoms with Crippen LogP contribution in [0, 0.1) is 0 Å². The Morgan fingerprint density at radius 2 is 1.87 bits per heavy atom. The molecule has 124 valence electrons. The molecule has 6 nitrogen and oxygen atoms in total. The third-order valence-electron chi connectivity index (χ3n) is 3.99. The Bertz CT molecular complexity index is 627. The average Bonchev–Trinajstić information content (AvgIpc) is 2.58. The first-order valence-corrected chi connectivity index (χ1v) is 7.39. The normalized spacial score (nSPS) is 13.1. The van der Waals surface area contributed by atoms with Crippen molar-refractivity contribution in [3.8, 4) is 11.5 Å². The second-order valence-corrected chi connectivity index (χ2v) is 5.44. The Morgan fingerprint density at radius 1 is 1.26 bits per heavy atom. The van der Waals surface area contributed by atoms with Crippen molar-refractivity contribution < 1.29 is 19.1 Å². The lowest BCUT2D eigenvalue weighted by molar-refractivity contribution is -0.137. The van der Waals surface area contributed by atoms with Crippen molar-refractivity contribution in [1.29, 1.82) is 0 Å². The molecular weight excluding hydrogens is 296 g/mol. The molecule has 1 aromatic rings. The van der Waals surface area contributed by atoms with Crippen LogP contribution in [0.5, 0.6) is 11.5 Å². The highest BCUT2D eigenvalue weighted by atomic mass is 16.5. The molecule has 0 aromatic heterocycles. The van der Waals surface area contributed by atoms with E-state index >= 15 is 0 Å². The highest BCUT2D eigenvalue weighted by Gasteiger charge is 2.24. The van der Waals surface area contributed by atoms with E-state index in [1.165, 1.54) is 11.0 Å². The summed E-state index contributed by atoms with van der Waals surface area (Å²) in [6.45, 7) is 4.60. The predicted molar refractivity (Wildman–Crippen MR) is 86.5 cm³/mol. The molecule has 0 saturated heterocycles. The summed E-state index contributed by atoms with van der Waals surface area (Å²) in [5.74, 6) is 1.01. The molecule has 2 amide bonds. The summed E-state index contributed by atoms with van der Waals surface area (Å²) >= 11 is 0. The van der Waals surface area contributed by atoms with Crippen LogP contribution < -0.4 is 9.47 Å². The highest BCUT2D eigenvalue weighted by Crippen LogP contribution is 2.33. The van der Waals surface area contributed by atoms with E-state index in [1.807, 2.05) is 12.1 Å². The van der Waals surface area contributed by atoms with Crippen LogP contribution in [0.25, 0.3) is 0 Å². The molecule has 0 spiro atoms. The van der Waals surface area contributed by atoms with Gasteiger partial charge in [0.1, 0.15) is 0 Å². The maximum atomic E-state index is 12.4. The van der Waals surface area contributed by atoms with E-state index in [-0.39, 0.29) is 18.4 Å². The van der Waals surface area contributed by atoms with E-state index in [0.29, 0.717) is 24.6 Å². The SMILES string of the molecule is C=CC(=O)N(C)CC(=O)N1CCc2cc(OC)c(OC)cc2C1. The van der Waals surface area contributed by atoms with Gasteiger partial charge in [0.15, 0.2) is 11.5 Å². The molecule has 1 aromatic carbocycles. The number of ether oxygens (including phenoxy) is 2. The van der Waals surface area contributed by atoms with Crippen LogP contribution in [0.3, 0.4) is 0 Å². The van der Waals surface area contributed by atoms with Gasteiger partial charge in [0.2, 0.25) is 11.8 Å². The molecule has 1 heterocycles. The summed E-state index contributed by atoms with van der Waals surface area (Å²) < 4.78 is 10.6. The molecule has 23 heavy (non-hydrogen) atoms. The summed E-state index contributed by atoms with van der Waals surface area (Å²) in [5.41, 5.74) is 2.20. The maximum absolute atomic E-state index is 12.4. The number of hydrogen-bond acceptors (Lipinski definition) is 4. The Morgan fingerprint density at radius 3 is 2.43 bits per heavy atom. The molecule has 0 N–H and O–H groups in total. The maximum Gasteiger partial charge on any atom is 0.246 e. The van der Waals surface area contributed by atoms with Crippen molar-refractivity contribution in [2.45, 2.75) is 13.0 Å². The van der Waals surface area contributed by atoms with Gasteiger partial charge in [-0.1, -0.05) is 6.58 Å². The molecule has 0 bridgehead atoms. The Balaban J connectivity index is 2.12. The van der Waals surface area contributed by atoms with Crippen LogP contribution >= 0.6 is 0 Å². The zero-order valence-corrected chi connectivity index (χ0v) is 13.8. The number of fused-ring (bicyclic) bond motifs is 1. The summed E-state index contributed by atoms with van der Waals surface area (Å²) in [7, 11) is 4.79. The summed E-state index contributed by atoms with van der Waals surface area (Å²) in [5, 5.41) is 0. The van der Waals surface area contributed by atoms with Gasteiger partial charge in [0, 0.05) is 20.1 Å². The Kier molecular flexibility index (Phi) is 5.26. The molecule has 0 unspecified atom stereocenters. The third kappa shape index (κ3) is 3.64. The second-order valence-electron chi connectivity index (χ2n) is 5.44. The summed E-state index contributed by atoms with van der Waals surface area (Å²) in [6, 6.07) is 3.87. The lowest BCUT2D eigenvalue weighted by Gasteiger charge is -2.30. The molecule has 0 saturated carbocycles. The zero-order chi connectivity index (χ0) is 17.0. The van der Waals surface area contributed by atoms with Crippen LogP contribution in [0.2, 0.25) is 0 Å². The molecule has 1 aliphatic heterocycles. The number of methoxy groups -OCH3 is 2. The average molecular weight is 318 g/mol. The smallest absolute Gasteiger partial charge is 0.246 e. The minimum Gasteiger partial charge on any atom is -0.493 e. The lowest BCUT2D eigenvalue weighted by Crippen LogP contribution is -2.42. The number of amides is 2. The van der Waals surface area contributed by atoms with Gasteiger partial charge >= 0.3 is 0 Å². The van der Waals surface area contributed by atoms with E-state index < -0.39 is 0 Å². The number of likely N-dealkylation sites (N-methyl/N-ethyl adjacent to an activating group) is 1. The fourth-order valence-electron chi connectivity index (χ4n) is 2.63. The van der Waals surface area contributed by atoms with Gasteiger partial charge in [0.05, 0.1) is 20.8 Å². The first kappa shape index (κ1) is 16.9. The van der Waals surface area contributed by atoms with E-state index in [4.69, 9.17) is 9.47 Å². The minimum atomic E-state index is -0.262. The predicted octanol–water partition coefficient (Wildman–Crippen LogP) is 1.23. The van der Waals surface area contributed by atoms with Crippen molar-refractivity contribution >= 4 is 11.8 Å². The van der Waals surface area contributed by atoms with Gasteiger partial charge in [-0.3, -0.25) is 9.59 Å². The van der Waals surface area contributed by atoms with Gasteiger partial charge in [-0.25, -0.2) is 0 Å². The Labute approximate surface area is 136 Å². The number of rotatable bonds is 5. The van der Waals surface area contributed by atoms with Crippen molar-refractivity contribution in [1.82, 2.24) is 9.80 Å². The molecule has 2 rings (SSSR count). The first-order valence-electron chi connectivity index (χ1n) is 7.39. The lowest BCUT2D eigenvalue weighted by atomic mass is 9.98. The third-order valence-corrected chi connectivity index (χ3v) is 3.99. The quantitative estimate of drug-likeness (QED) is 0.766. The number of benzene rings is 1. The molecule has 0 fully saturated rings. The monoisotopic (exact) mass is 318 g/mol. The number of hydrogen-bond donors (Lipinski definition) is 0. The fourth-order valence-corrected chi connectivity index (χ4v) is 2.63. The van der Waals surface area contributed by atoms with Gasteiger partial charge in [0.25, 0.3) is 0 Å². The van der Waals surface area contributed by atoms with Crippen LogP contribution in [0.4, 0.5) is 0 Å². The number of carbonyl (C=O) groups is 2. The topological polar surface area (TPSA) is 59.1 Å². The van der Waals surface area contributed by atoms with Crippen LogP contribution in [-0.2, 0) is 22.6 Å². The van der Waals surface area contributed by atoms with E-state index in [2.05, 4.69) is 6.58 Å². The van der Waals surface area contributed by atoms with E-state index in [1.54, 1.807) is 26.2 Å². The largest absolute Gasteiger partial charge is 0.493 e. The summed E-state index contributed by atoms with van der Waals surface area (Å²) in [6.07, 6.45) is 1.95. The van der Waals surface area contributed by atoms with Crippen LogP contribution in [-0.4, -0.2) is 56.0 Å². The summed E-state index contributed by atoms with van der Waals surface area (Å²) in [4.78, 5) is 27.0. The fraction of sp³-hybridized carbons (Fsp3) is 0.412. The highest BCUT2D eigenvalue weighted by molar-refractivity contribution is 5.90. The molecule has 1 aliphatic rings. The Hall–Kier alpha value is -2.50. The molecule has 0 atom stereocenters. The zero-order valence-electron chi connectivity index (χ0n) is 13.8. The van der Waals surface area contributed by atoms with E-state index in [9.17, 15) is 9.59 Å². The molecular formula is C17H22N2O4. The van der Waals surface area contributed by atoms with Crippen molar-refractivity contribution in [3.05, 3.63) is 35.9 Å². The van der Waals surface area contributed by atoms with Crippen LogP contribution in [0.15, 0.2) is 24.8 Å². The van der Waals surface area contributed by atoms with Gasteiger partial charge in [-0.15, -0.1) is 0 Å². The second kappa shape index (κ2) is 7.17. The number of carbonyl (C=O) groups excluding carboxylic acids is 2. The first-order chi connectivity index (χ1) is 11.0. The van der Waals surface area contributed by atoms with Gasteiger partial charge in [-0.2, -0.15) is 0 Å². The molecule has 0 aliphatic carbocycles. The van der Waals surface area contributed by atoms with Crippen molar-refractivity contribution in [2.75, 3.05) is 34.4 Å². The molecule has 0 radical (unpaired) electrons. The van der Waals surface area contributed by atoms with Gasteiger partial charge < -0.3 is 19.3 Å². The number of nitrogens with zero attached hydrogens (tertiary/aromatic N) is 2. The van der Waals surface area contributed by atoms with Crippen LogP contribution in [0.1, 0.15) is 11.1 Å². The van der Waals surface area contributed by atoms with Gasteiger partial charge in [-0.05, 0) is 35.8 Å². The molecule has 6 heteroatoms. The van der Waals surface area contributed by atoms with E-state index in [0.717, 1.165) is 17.5 Å². The van der Waals surface area contributed by atoms with Crippen molar-refractivity contribution in [2.24, 2.45) is 0 Å². The minimum absolute atomic E-state index is 0.0491. The standard InChI is InChI=1S/C17H22N2O4/c1-5-16(20)18(2)11-17(21)19-7-6-12-8-14(22-3)15(23-4)9-13(12)10-19/h5,8-9H,1,6-7,10-11H2,2-4H3.